The molecule has 110 valence electrons. The van der Waals surface area contributed by atoms with Gasteiger partial charge in [-0.25, -0.2) is 4.79 Å². The Bertz CT molecular complexity index is 417. The highest BCUT2D eigenvalue weighted by molar-refractivity contribution is 6.30. The number of carbonyl (C=O) groups excluding carboxylic acids is 1. The van der Waals surface area contributed by atoms with Crippen molar-refractivity contribution in [1.82, 2.24) is 16.0 Å². The molecule has 1 heterocycles. The lowest BCUT2D eigenvalue weighted by molar-refractivity contribution is 0.123. The summed E-state index contributed by atoms with van der Waals surface area (Å²) in [5, 5.41) is 9.65. The first-order chi connectivity index (χ1) is 9.74. The van der Waals surface area contributed by atoms with Gasteiger partial charge in [0.1, 0.15) is 0 Å². The SMILES string of the molecule is O=C(NCc1ccc(Cl)cc1)NC[C@H]1CNCCOC1. The third-order valence-corrected chi connectivity index (χ3v) is 3.38. The number of urea groups is 1. The summed E-state index contributed by atoms with van der Waals surface area (Å²) in [6, 6.07) is 7.25. The quantitative estimate of drug-likeness (QED) is 0.787. The molecule has 0 aliphatic carbocycles. The van der Waals surface area contributed by atoms with Crippen molar-refractivity contribution < 1.29 is 9.53 Å². The highest BCUT2D eigenvalue weighted by Crippen LogP contribution is 2.09. The smallest absolute Gasteiger partial charge is 0.315 e. The number of nitrogens with one attached hydrogen (secondary N) is 3. The molecule has 0 saturated carbocycles. The molecule has 1 aromatic rings. The van der Waals surface area contributed by atoms with Gasteiger partial charge in [-0.3, -0.25) is 0 Å². The van der Waals surface area contributed by atoms with Crippen LogP contribution in [-0.2, 0) is 11.3 Å². The van der Waals surface area contributed by atoms with Crippen molar-refractivity contribution in [1.29, 1.82) is 0 Å². The second-order valence-corrected chi connectivity index (χ2v) is 5.27. The third-order valence-electron chi connectivity index (χ3n) is 3.13. The molecular weight excluding hydrogens is 278 g/mol. The van der Waals surface area contributed by atoms with Crippen molar-refractivity contribution in [3.63, 3.8) is 0 Å². The molecule has 1 aliphatic heterocycles. The van der Waals surface area contributed by atoms with Crippen molar-refractivity contribution in [2.24, 2.45) is 5.92 Å². The summed E-state index contributed by atoms with van der Waals surface area (Å²) in [6.45, 7) is 4.27. The van der Waals surface area contributed by atoms with Gasteiger partial charge < -0.3 is 20.7 Å². The molecule has 20 heavy (non-hydrogen) atoms. The summed E-state index contributed by atoms with van der Waals surface area (Å²) in [6.07, 6.45) is 0. The number of benzene rings is 1. The summed E-state index contributed by atoms with van der Waals surface area (Å²) < 4.78 is 5.43. The Morgan fingerprint density at radius 3 is 2.95 bits per heavy atom. The van der Waals surface area contributed by atoms with Gasteiger partial charge in [-0.05, 0) is 17.7 Å². The van der Waals surface area contributed by atoms with Crippen molar-refractivity contribution in [2.75, 3.05) is 32.8 Å². The van der Waals surface area contributed by atoms with Gasteiger partial charge in [-0.1, -0.05) is 23.7 Å². The largest absolute Gasteiger partial charge is 0.380 e. The first-order valence-corrected chi connectivity index (χ1v) is 7.16. The molecule has 0 radical (unpaired) electrons. The van der Waals surface area contributed by atoms with Crippen LogP contribution >= 0.6 is 11.6 Å². The molecular formula is C14H20ClN3O2. The Hall–Kier alpha value is -1.30. The van der Waals surface area contributed by atoms with E-state index in [1.165, 1.54) is 0 Å². The molecule has 0 bridgehead atoms. The van der Waals surface area contributed by atoms with Gasteiger partial charge in [0.2, 0.25) is 0 Å². The predicted octanol–water partition coefficient (Wildman–Crippen LogP) is 1.38. The van der Waals surface area contributed by atoms with Gasteiger partial charge in [-0.2, -0.15) is 0 Å². The molecule has 5 nitrogen and oxygen atoms in total. The molecule has 6 heteroatoms. The zero-order valence-corrected chi connectivity index (χ0v) is 12.1. The first kappa shape index (κ1) is 15.1. The van der Waals surface area contributed by atoms with Crippen LogP contribution in [0.15, 0.2) is 24.3 Å². The van der Waals surface area contributed by atoms with Crippen LogP contribution < -0.4 is 16.0 Å². The molecule has 2 rings (SSSR count). The zero-order valence-electron chi connectivity index (χ0n) is 11.3. The number of carbonyl (C=O) groups is 1. The molecule has 1 aromatic carbocycles. The first-order valence-electron chi connectivity index (χ1n) is 6.78. The summed E-state index contributed by atoms with van der Waals surface area (Å²) >= 11 is 5.81. The van der Waals surface area contributed by atoms with E-state index in [1.807, 2.05) is 24.3 Å². The van der Waals surface area contributed by atoms with Crippen LogP contribution in [-0.4, -0.2) is 38.9 Å². The molecule has 3 N–H and O–H groups in total. The average Bonchev–Trinajstić information content (AvgIpc) is 2.73. The molecule has 2 amide bonds. The minimum Gasteiger partial charge on any atom is -0.380 e. The maximum Gasteiger partial charge on any atom is 0.315 e. The van der Waals surface area contributed by atoms with Crippen LogP contribution in [0.5, 0.6) is 0 Å². The maximum absolute atomic E-state index is 11.7. The van der Waals surface area contributed by atoms with Gasteiger partial charge in [-0.15, -0.1) is 0 Å². The van der Waals surface area contributed by atoms with Crippen LogP contribution in [0.25, 0.3) is 0 Å². The van der Waals surface area contributed by atoms with Gasteiger partial charge in [0.15, 0.2) is 0 Å². The van der Waals surface area contributed by atoms with Crippen LogP contribution in [0, 0.1) is 5.92 Å². The fourth-order valence-electron chi connectivity index (χ4n) is 1.97. The topological polar surface area (TPSA) is 62.4 Å². The highest BCUT2D eigenvalue weighted by Gasteiger charge is 2.13. The van der Waals surface area contributed by atoms with E-state index in [0.717, 1.165) is 25.3 Å². The van der Waals surface area contributed by atoms with Crippen LogP contribution in [0.2, 0.25) is 5.02 Å². The van der Waals surface area contributed by atoms with E-state index >= 15 is 0 Å². The van der Waals surface area contributed by atoms with Gasteiger partial charge >= 0.3 is 6.03 Å². The van der Waals surface area contributed by atoms with Gasteiger partial charge in [0.25, 0.3) is 0 Å². The monoisotopic (exact) mass is 297 g/mol. The number of halogens is 1. The van der Waals surface area contributed by atoms with E-state index in [4.69, 9.17) is 16.3 Å². The zero-order chi connectivity index (χ0) is 14.2. The van der Waals surface area contributed by atoms with Gasteiger partial charge in [0.05, 0.1) is 13.2 Å². The molecule has 0 spiro atoms. The molecule has 1 atom stereocenters. The summed E-state index contributed by atoms with van der Waals surface area (Å²) in [4.78, 5) is 11.7. The van der Waals surface area contributed by atoms with E-state index in [-0.39, 0.29) is 6.03 Å². The van der Waals surface area contributed by atoms with Gasteiger partial charge in [0, 0.05) is 37.1 Å². The van der Waals surface area contributed by atoms with Crippen molar-refractivity contribution in [2.45, 2.75) is 6.54 Å². The normalized spacial score (nSPS) is 19.1. The van der Waals surface area contributed by atoms with Crippen LogP contribution in [0.3, 0.4) is 0 Å². The Labute approximate surface area is 124 Å². The third kappa shape index (κ3) is 5.36. The van der Waals surface area contributed by atoms with Crippen LogP contribution in [0.1, 0.15) is 5.56 Å². The summed E-state index contributed by atoms with van der Waals surface area (Å²) in [5.41, 5.74) is 1.02. The summed E-state index contributed by atoms with van der Waals surface area (Å²) in [5.74, 6) is 0.318. The second-order valence-electron chi connectivity index (χ2n) is 4.84. The van der Waals surface area contributed by atoms with Crippen molar-refractivity contribution in [3.8, 4) is 0 Å². The molecule has 1 aliphatic rings. The Balaban J connectivity index is 1.66. The minimum absolute atomic E-state index is 0.163. The second kappa shape index (κ2) is 8.09. The van der Waals surface area contributed by atoms with E-state index in [9.17, 15) is 4.79 Å². The fraction of sp³-hybridized carbons (Fsp3) is 0.500. The van der Waals surface area contributed by atoms with E-state index < -0.39 is 0 Å². The van der Waals surface area contributed by atoms with E-state index in [2.05, 4.69) is 16.0 Å². The van der Waals surface area contributed by atoms with E-state index in [0.29, 0.717) is 30.6 Å². The Kier molecular flexibility index (Phi) is 6.11. The fourth-order valence-corrected chi connectivity index (χ4v) is 2.10. The Morgan fingerprint density at radius 1 is 1.35 bits per heavy atom. The van der Waals surface area contributed by atoms with Crippen molar-refractivity contribution in [3.05, 3.63) is 34.9 Å². The van der Waals surface area contributed by atoms with Crippen molar-refractivity contribution >= 4 is 17.6 Å². The average molecular weight is 298 g/mol. The lowest BCUT2D eigenvalue weighted by atomic mass is 10.1. The summed E-state index contributed by atoms with van der Waals surface area (Å²) in [7, 11) is 0. The lowest BCUT2D eigenvalue weighted by Crippen LogP contribution is -2.40. The lowest BCUT2D eigenvalue weighted by Gasteiger charge is -2.15. The molecule has 1 saturated heterocycles. The minimum atomic E-state index is -0.163. The van der Waals surface area contributed by atoms with Crippen LogP contribution in [0.4, 0.5) is 4.79 Å². The molecule has 0 aromatic heterocycles. The molecule has 1 fully saturated rings. The number of hydrogen-bond donors (Lipinski definition) is 3. The number of amides is 2. The predicted molar refractivity (Wildman–Crippen MR) is 78.9 cm³/mol. The highest BCUT2D eigenvalue weighted by atomic mass is 35.5. The number of rotatable bonds is 4. The Morgan fingerprint density at radius 2 is 2.15 bits per heavy atom. The maximum atomic E-state index is 11.7. The number of ether oxygens (including phenoxy) is 1. The van der Waals surface area contributed by atoms with E-state index in [1.54, 1.807) is 0 Å². The standard InChI is InChI=1S/C14H20ClN3O2/c15-13-3-1-11(2-4-13)8-17-14(19)18-9-12-7-16-5-6-20-10-12/h1-4,12,16H,5-10H2,(H2,17,18,19)/t12-/m1/s1. The number of hydrogen-bond acceptors (Lipinski definition) is 3. The molecule has 0 unspecified atom stereocenters.